The molecule has 2 saturated heterocycles. The number of nitrogens with one attached hydrogen (secondary N) is 1. The summed E-state index contributed by atoms with van der Waals surface area (Å²) in [6, 6.07) is 0. The van der Waals surface area contributed by atoms with E-state index in [-0.39, 0.29) is 18.1 Å². The van der Waals surface area contributed by atoms with Crippen LogP contribution in [0.25, 0.3) is 0 Å². The number of nitrogens with zero attached hydrogens (tertiary/aromatic N) is 1. The number of rotatable bonds is 5. The molecule has 0 aromatic rings. The van der Waals surface area contributed by atoms with Gasteiger partial charge >= 0.3 is 0 Å². The minimum atomic E-state index is -4.53. The molecule has 10 heteroatoms. The quantitative estimate of drug-likeness (QED) is 0.459. The molecule has 2 aliphatic heterocycles. The first-order valence-corrected chi connectivity index (χ1v) is 11.1. The van der Waals surface area contributed by atoms with E-state index in [1.807, 2.05) is 0 Å². The summed E-state index contributed by atoms with van der Waals surface area (Å²) >= 11 is 0. The molecular weight excluding hydrogens is 344 g/mol. The van der Waals surface area contributed by atoms with Crippen molar-refractivity contribution in [3.8, 4) is 0 Å². The Morgan fingerprint density at radius 3 is 2.52 bits per heavy atom. The van der Waals surface area contributed by atoms with Gasteiger partial charge < -0.3 is 10.2 Å². The lowest BCUT2D eigenvalue weighted by Gasteiger charge is -2.29. The minimum absolute atomic E-state index is 0.195. The molecule has 8 nitrogen and oxygen atoms in total. The zero-order chi connectivity index (χ0) is 17.3. The van der Waals surface area contributed by atoms with Crippen LogP contribution < -0.4 is 5.32 Å². The van der Waals surface area contributed by atoms with Crippen molar-refractivity contribution in [2.75, 3.05) is 31.1 Å². The molecule has 2 heterocycles. The Morgan fingerprint density at radius 1 is 1.35 bits per heavy atom. The molecular formula is C13H25N2O6S2+. The summed E-state index contributed by atoms with van der Waals surface area (Å²) in [5.41, 5.74) is -1.43. The fourth-order valence-corrected chi connectivity index (χ4v) is 7.80. The van der Waals surface area contributed by atoms with Crippen molar-refractivity contribution in [2.24, 2.45) is 0 Å². The lowest BCUT2D eigenvalue weighted by Crippen LogP contribution is -2.57. The molecule has 0 aromatic carbocycles. The monoisotopic (exact) mass is 369 g/mol. The van der Waals surface area contributed by atoms with Gasteiger partial charge in [0, 0.05) is 13.0 Å². The van der Waals surface area contributed by atoms with E-state index in [1.54, 1.807) is 0 Å². The number of amides is 1. The van der Waals surface area contributed by atoms with Gasteiger partial charge in [-0.25, -0.2) is 0 Å². The second-order valence-electron chi connectivity index (χ2n) is 6.71. The van der Waals surface area contributed by atoms with Crippen LogP contribution in [0.1, 0.15) is 32.6 Å². The van der Waals surface area contributed by atoms with E-state index in [2.05, 4.69) is 10.2 Å². The lowest BCUT2D eigenvalue weighted by molar-refractivity contribution is -0.122. The van der Waals surface area contributed by atoms with Crippen LogP contribution in [0, 0.1) is 0 Å². The first kappa shape index (κ1) is 18.8. The minimum Gasteiger partial charge on any atom is -0.344 e. The Morgan fingerprint density at radius 2 is 1.96 bits per heavy atom. The highest BCUT2D eigenvalue weighted by Gasteiger charge is 2.60. The Balaban J connectivity index is 1.98. The molecule has 2 fully saturated rings. The van der Waals surface area contributed by atoms with E-state index in [1.165, 1.54) is 13.3 Å². The summed E-state index contributed by atoms with van der Waals surface area (Å²) in [5.74, 6) is -1.31. The molecule has 0 aromatic heterocycles. The Bertz CT molecular complexity index is 602. The first-order valence-electron chi connectivity index (χ1n) is 7.74. The van der Waals surface area contributed by atoms with Crippen molar-refractivity contribution in [3.05, 3.63) is 0 Å². The summed E-state index contributed by atoms with van der Waals surface area (Å²) in [6.45, 7) is 3.87. The first-order chi connectivity index (χ1) is 10.5. The Labute approximate surface area is 138 Å². The van der Waals surface area contributed by atoms with Gasteiger partial charge in [0.15, 0.2) is 16.8 Å². The smallest absolute Gasteiger partial charge is 0.275 e. The van der Waals surface area contributed by atoms with E-state index in [0.717, 1.165) is 25.9 Å². The number of piperidine rings is 1. The lowest BCUT2D eigenvalue weighted by atomic mass is 10.0. The molecule has 0 bridgehead atoms. The van der Waals surface area contributed by atoms with Gasteiger partial charge in [-0.1, -0.05) is 10.6 Å². The standard InChI is InChI=1S/C13H24N2O6S2/c1-13(10-22(17,18)9-11(13)23(19,20)21)14-12(16)5-8-15-6-3-2-4-7-15/h11H,2-10H2,1H3,(H2-,14,16,17,18,19,20,21)/p+1/t11-,13+/m1/s1. The second kappa shape index (κ2) is 6.75. The highest BCUT2D eigenvalue weighted by atomic mass is 32.3. The summed E-state index contributed by atoms with van der Waals surface area (Å²) in [4.78, 5) is 14.3. The van der Waals surface area contributed by atoms with Crippen LogP contribution in [0.3, 0.4) is 0 Å². The van der Waals surface area contributed by atoms with Gasteiger partial charge in [-0.05, 0) is 32.9 Å². The van der Waals surface area contributed by atoms with Crippen LogP contribution >= 0.6 is 0 Å². The maximum absolute atomic E-state index is 12.1. The Kier molecular flexibility index (Phi) is 5.51. The molecule has 23 heavy (non-hydrogen) atoms. The second-order valence-corrected chi connectivity index (χ2v) is 10.5. The molecule has 1 unspecified atom stereocenters. The van der Waals surface area contributed by atoms with Gasteiger partial charge in [0.05, 0.1) is 0 Å². The van der Waals surface area contributed by atoms with E-state index < -0.39 is 36.9 Å². The number of carbonyl (C=O) groups is 1. The van der Waals surface area contributed by atoms with Gasteiger partial charge in [0.25, 0.3) is 10.1 Å². The van der Waals surface area contributed by atoms with E-state index in [4.69, 9.17) is 0 Å². The largest absolute Gasteiger partial charge is 0.344 e. The average Bonchev–Trinajstić information content (AvgIpc) is 2.67. The Hall–Kier alpha value is -0.550. The normalized spacial score (nSPS) is 36.0. The predicted molar refractivity (Wildman–Crippen MR) is 87.2 cm³/mol. The van der Waals surface area contributed by atoms with E-state index >= 15 is 0 Å². The maximum atomic E-state index is 12.1. The third kappa shape index (κ3) is 4.96. The summed E-state index contributed by atoms with van der Waals surface area (Å²) in [6.07, 6.45) is 3.61. The maximum Gasteiger partial charge on any atom is 0.275 e. The zero-order valence-corrected chi connectivity index (χ0v) is 14.9. The molecule has 3 atom stereocenters. The van der Waals surface area contributed by atoms with Crippen LogP contribution in [0.5, 0.6) is 0 Å². The predicted octanol–water partition coefficient (Wildman–Crippen LogP) is -0.0202. The molecule has 2 rings (SSSR count). The number of hydrogen-bond donors (Lipinski definition) is 3. The zero-order valence-electron chi connectivity index (χ0n) is 13.2. The van der Waals surface area contributed by atoms with Crippen molar-refractivity contribution >= 4 is 26.2 Å². The van der Waals surface area contributed by atoms with Crippen molar-refractivity contribution in [3.63, 3.8) is 0 Å². The number of carbonyl (C=O) groups excluding carboxylic acids is 1. The molecule has 134 valence electrons. The van der Waals surface area contributed by atoms with E-state index in [0.29, 0.717) is 6.54 Å². The molecule has 1 amide bonds. The highest BCUT2D eigenvalue weighted by molar-refractivity contribution is 7.99. The summed E-state index contributed by atoms with van der Waals surface area (Å²) in [7, 11) is -7.91. The van der Waals surface area contributed by atoms with Gasteiger partial charge in [0.2, 0.25) is 16.1 Å². The summed E-state index contributed by atoms with van der Waals surface area (Å²) < 4.78 is 53.8. The number of likely N-dealkylation sites (tertiary alicyclic amines) is 1. The summed E-state index contributed by atoms with van der Waals surface area (Å²) in [5, 5.41) is 1.10. The molecule has 0 spiro atoms. The molecule has 3 N–H and O–H groups in total. The van der Waals surface area contributed by atoms with Crippen LogP contribution in [0.4, 0.5) is 0 Å². The van der Waals surface area contributed by atoms with Crippen LogP contribution in [-0.2, 0) is 29.3 Å². The van der Waals surface area contributed by atoms with Crippen molar-refractivity contribution in [2.45, 2.75) is 43.4 Å². The molecule has 0 saturated carbocycles. The van der Waals surface area contributed by atoms with Crippen LogP contribution in [0.2, 0.25) is 0 Å². The van der Waals surface area contributed by atoms with Gasteiger partial charge in [-0.15, -0.1) is 0 Å². The van der Waals surface area contributed by atoms with Gasteiger partial charge in [0.1, 0.15) is 5.54 Å². The van der Waals surface area contributed by atoms with Crippen LogP contribution in [-0.4, -0.2) is 70.3 Å². The topological polar surface area (TPSA) is 124 Å². The van der Waals surface area contributed by atoms with Gasteiger partial charge in [-0.3, -0.25) is 9.35 Å². The molecule has 2 aliphatic rings. The van der Waals surface area contributed by atoms with Crippen molar-refractivity contribution in [1.29, 1.82) is 0 Å². The molecule has 0 radical (unpaired) electrons. The highest BCUT2D eigenvalue weighted by Crippen LogP contribution is 2.31. The third-order valence-electron chi connectivity index (χ3n) is 4.54. The fraction of sp³-hybridized carbons (Fsp3) is 0.923. The van der Waals surface area contributed by atoms with Crippen molar-refractivity contribution in [1.82, 2.24) is 10.2 Å². The average molecular weight is 369 g/mol. The third-order valence-corrected chi connectivity index (χ3v) is 8.06. The fourth-order valence-electron chi connectivity index (χ4n) is 3.40. The van der Waals surface area contributed by atoms with Gasteiger partial charge in [-0.2, -0.15) is 13.0 Å². The number of hydrogen-bond acceptors (Lipinski definition) is 5. The SMILES string of the molecule is C[C@]1(NC(=O)CCN2CCCCC2)C[S+](=O)(O)C[C@H]1S(=O)(=O)O. The van der Waals surface area contributed by atoms with E-state index in [9.17, 15) is 26.5 Å². The molecule has 0 aliphatic carbocycles. The van der Waals surface area contributed by atoms with Crippen LogP contribution in [0.15, 0.2) is 0 Å². The van der Waals surface area contributed by atoms with Crippen molar-refractivity contribution < 1.29 is 26.5 Å².